The van der Waals surface area contributed by atoms with Gasteiger partial charge in [-0.3, -0.25) is 9.59 Å². The fourth-order valence-electron chi connectivity index (χ4n) is 2.79. The maximum Gasteiger partial charge on any atom is 0.275 e. The molecule has 0 fully saturated rings. The number of methoxy groups -OCH3 is 1. The number of benzene rings is 3. The number of hydrogen-bond acceptors (Lipinski definition) is 4. The van der Waals surface area contributed by atoms with Gasteiger partial charge in [-0.05, 0) is 55.0 Å². The van der Waals surface area contributed by atoms with E-state index in [1.807, 2.05) is 6.07 Å². The van der Waals surface area contributed by atoms with Crippen molar-refractivity contribution in [2.45, 2.75) is 6.92 Å². The summed E-state index contributed by atoms with van der Waals surface area (Å²) >= 11 is 12.0. The van der Waals surface area contributed by atoms with Crippen molar-refractivity contribution in [2.24, 2.45) is 5.10 Å². The number of ether oxygens (including phenoxy) is 1. The first kappa shape index (κ1) is 22.3. The molecular formula is C23H19Cl2N3O3. The molecule has 6 nitrogen and oxygen atoms in total. The van der Waals surface area contributed by atoms with Crippen LogP contribution in [0.2, 0.25) is 10.0 Å². The molecule has 2 N–H and O–H groups in total. The second kappa shape index (κ2) is 10.1. The summed E-state index contributed by atoms with van der Waals surface area (Å²) in [5.41, 5.74) is 5.05. The summed E-state index contributed by atoms with van der Waals surface area (Å²) < 4.78 is 5.20. The van der Waals surface area contributed by atoms with Crippen LogP contribution >= 0.6 is 23.2 Å². The van der Waals surface area contributed by atoms with E-state index >= 15 is 0 Å². The third-order valence-electron chi connectivity index (χ3n) is 4.39. The van der Waals surface area contributed by atoms with Gasteiger partial charge in [0.1, 0.15) is 5.75 Å². The van der Waals surface area contributed by atoms with Crippen LogP contribution in [0.15, 0.2) is 71.8 Å². The molecule has 0 spiro atoms. The predicted molar refractivity (Wildman–Crippen MR) is 124 cm³/mol. The largest absolute Gasteiger partial charge is 0.496 e. The highest BCUT2D eigenvalue weighted by Gasteiger charge is 2.13. The van der Waals surface area contributed by atoms with E-state index in [1.165, 1.54) is 13.2 Å². The van der Waals surface area contributed by atoms with Gasteiger partial charge in [0.25, 0.3) is 11.8 Å². The Kier molecular flexibility index (Phi) is 7.28. The number of carbonyl (C=O) groups is 2. The monoisotopic (exact) mass is 455 g/mol. The summed E-state index contributed by atoms with van der Waals surface area (Å²) in [5, 5.41) is 7.67. The highest BCUT2D eigenvalue weighted by molar-refractivity contribution is 6.37. The molecule has 31 heavy (non-hydrogen) atoms. The smallest absolute Gasteiger partial charge is 0.275 e. The Morgan fingerprint density at radius 3 is 2.42 bits per heavy atom. The molecule has 3 aromatic rings. The first-order valence-electron chi connectivity index (χ1n) is 9.23. The van der Waals surface area contributed by atoms with Gasteiger partial charge >= 0.3 is 0 Å². The van der Waals surface area contributed by atoms with Crippen molar-refractivity contribution >= 4 is 46.4 Å². The topological polar surface area (TPSA) is 79.8 Å². The van der Waals surface area contributed by atoms with Gasteiger partial charge in [0, 0.05) is 10.7 Å². The van der Waals surface area contributed by atoms with E-state index in [-0.39, 0.29) is 10.9 Å². The number of hydrogen-bond donors (Lipinski definition) is 2. The lowest BCUT2D eigenvalue weighted by Gasteiger charge is -2.09. The van der Waals surface area contributed by atoms with Crippen molar-refractivity contribution in [1.29, 1.82) is 0 Å². The van der Waals surface area contributed by atoms with E-state index in [0.29, 0.717) is 33.3 Å². The van der Waals surface area contributed by atoms with Crippen LogP contribution in [-0.4, -0.2) is 24.6 Å². The number of hydrazone groups is 1. The standard InChI is InChI=1S/C23H19Cl2N3O3/c1-14(27-28-23(30)19-8-3-4-9-21(19)31-2)15-6-5-7-17(12-15)26-22(29)18-11-10-16(24)13-20(18)25/h3-13H,1-2H3,(H,26,29)(H,28,30). The second-order valence-electron chi connectivity index (χ2n) is 6.50. The molecule has 158 valence electrons. The minimum absolute atomic E-state index is 0.262. The summed E-state index contributed by atoms with van der Waals surface area (Å²) in [6.45, 7) is 1.75. The Labute approximate surface area is 189 Å². The van der Waals surface area contributed by atoms with Crippen LogP contribution in [0.3, 0.4) is 0 Å². The van der Waals surface area contributed by atoms with Gasteiger partial charge in [-0.15, -0.1) is 0 Å². The normalized spacial score (nSPS) is 11.0. The van der Waals surface area contributed by atoms with Crippen molar-refractivity contribution in [1.82, 2.24) is 5.43 Å². The maximum absolute atomic E-state index is 12.5. The number of para-hydroxylation sites is 1. The zero-order valence-corrected chi connectivity index (χ0v) is 18.3. The van der Waals surface area contributed by atoms with E-state index in [0.717, 1.165) is 5.56 Å². The van der Waals surface area contributed by atoms with Crippen molar-refractivity contribution in [2.75, 3.05) is 12.4 Å². The van der Waals surface area contributed by atoms with Crippen LogP contribution in [0.4, 0.5) is 5.69 Å². The lowest BCUT2D eigenvalue weighted by atomic mass is 10.1. The van der Waals surface area contributed by atoms with Crippen LogP contribution in [0.25, 0.3) is 0 Å². The third-order valence-corrected chi connectivity index (χ3v) is 4.94. The summed E-state index contributed by atoms with van der Waals surface area (Å²) in [7, 11) is 1.50. The molecule has 8 heteroatoms. The van der Waals surface area contributed by atoms with Gasteiger partial charge in [0.05, 0.1) is 29.0 Å². The van der Waals surface area contributed by atoms with Gasteiger partial charge in [0.15, 0.2) is 0 Å². The SMILES string of the molecule is COc1ccccc1C(=O)NN=C(C)c1cccc(NC(=O)c2ccc(Cl)cc2Cl)c1. The first-order valence-corrected chi connectivity index (χ1v) is 9.99. The predicted octanol–water partition coefficient (Wildman–Crippen LogP) is 5.41. The Bertz CT molecular complexity index is 1160. The Morgan fingerprint density at radius 1 is 0.903 bits per heavy atom. The molecule has 0 aliphatic carbocycles. The first-order chi connectivity index (χ1) is 14.9. The van der Waals surface area contributed by atoms with Crippen LogP contribution in [-0.2, 0) is 0 Å². The molecule has 0 aromatic heterocycles. The zero-order chi connectivity index (χ0) is 22.4. The highest BCUT2D eigenvalue weighted by atomic mass is 35.5. The lowest BCUT2D eigenvalue weighted by molar-refractivity contribution is 0.0951. The molecule has 0 heterocycles. The molecule has 0 radical (unpaired) electrons. The Balaban J connectivity index is 1.73. The Morgan fingerprint density at radius 2 is 1.68 bits per heavy atom. The van der Waals surface area contributed by atoms with E-state index in [2.05, 4.69) is 15.8 Å². The number of anilines is 1. The van der Waals surface area contributed by atoms with Crippen LogP contribution in [0, 0.1) is 0 Å². The minimum Gasteiger partial charge on any atom is -0.496 e. The second-order valence-corrected chi connectivity index (χ2v) is 7.34. The molecule has 2 amide bonds. The molecule has 0 atom stereocenters. The number of amides is 2. The van der Waals surface area contributed by atoms with Crippen molar-refractivity contribution in [3.63, 3.8) is 0 Å². The average Bonchev–Trinajstić information content (AvgIpc) is 2.77. The quantitative estimate of drug-likeness (QED) is 0.385. The fourth-order valence-corrected chi connectivity index (χ4v) is 3.28. The number of rotatable bonds is 6. The van der Waals surface area contributed by atoms with Crippen molar-refractivity contribution < 1.29 is 14.3 Å². The van der Waals surface area contributed by atoms with Crippen LogP contribution in [0.1, 0.15) is 33.2 Å². The van der Waals surface area contributed by atoms with Gasteiger partial charge in [-0.2, -0.15) is 5.10 Å². The van der Waals surface area contributed by atoms with Gasteiger partial charge in [0.2, 0.25) is 0 Å². The molecule has 0 saturated heterocycles. The lowest BCUT2D eigenvalue weighted by Crippen LogP contribution is -2.20. The molecule has 0 aliphatic heterocycles. The van der Waals surface area contributed by atoms with E-state index in [4.69, 9.17) is 27.9 Å². The molecular weight excluding hydrogens is 437 g/mol. The van der Waals surface area contributed by atoms with E-state index in [1.54, 1.807) is 61.5 Å². The minimum atomic E-state index is -0.390. The summed E-state index contributed by atoms with van der Waals surface area (Å²) in [6, 6.07) is 18.6. The number of halogens is 2. The summed E-state index contributed by atoms with van der Waals surface area (Å²) in [6.07, 6.45) is 0. The number of nitrogens with one attached hydrogen (secondary N) is 2. The summed E-state index contributed by atoms with van der Waals surface area (Å²) in [5.74, 6) is -0.296. The van der Waals surface area contributed by atoms with E-state index < -0.39 is 5.91 Å². The molecule has 0 unspecified atom stereocenters. The van der Waals surface area contributed by atoms with Gasteiger partial charge in [-0.25, -0.2) is 5.43 Å². The third kappa shape index (κ3) is 5.63. The highest BCUT2D eigenvalue weighted by Crippen LogP contribution is 2.22. The number of nitrogens with zero attached hydrogens (tertiary/aromatic N) is 1. The van der Waals surface area contributed by atoms with E-state index in [9.17, 15) is 9.59 Å². The maximum atomic E-state index is 12.5. The van der Waals surface area contributed by atoms with Gasteiger partial charge in [-0.1, -0.05) is 47.5 Å². The summed E-state index contributed by atoms with van der Waals surface area (Å²) in [4.78, 5) is 24.9. The van der Waals surface area contributed by atoms with Crippen molar-refractivity contribution in [3.8, 4) is 5.75 Å². The average molecular weight is 456 g/mol. The van der Waals surface area contributed by atoms with Crippen molar-refractivity contribution in [3.05, 3.63) is 93.5 Å². The molecule has 3 rings (SSSR count). The molecule has 3 aromatic carbocycles. The molecule has 0 bridgehead atoms. The van der Waals surface area contributed by atoms with Crippen LogP contribution in [0.5, 0.6) is 5.75 Å². The molecule has 0 aliphatic rings. The fraction of sp³-hybridized carbons (Fsp3) is 0.0870. The van der Waals surface area contributed by atoms with Gasteiger partial charge < -0.3 is 10.1 Å². The zero-order valence-electron chi connectivity index (χ0n) is 16.8. The van der Waals surface area contributed by atoms with Crippen LogP contribution < -0.4 is 15.5 Å². The number of carbonyl (C=O) groups excluding carboxylic acids is 2. The Hall–Kier alpha value is -3.35. The molecule has 0 saturated carbocycles.